The van der Waals surface area contributed by atoms with Gasteiger partial charge in [-0.1, -0.05) is 6.42 Å². The highest BCUT2D eigenvalue weighted by atomic mass is 16.5. The molecule has 1 heterocycles. The Morgan fingerprint density at radius 3 is 2.76 bits per heavy atom. The van der Waals surface area contributed by atoms with Crippen LogP contribution < -0.4 is 0 Å². The van der Waals surface area contributed by atoms with Gasteiger partial charge >= 0.3 is 5.97 Å². The van der Waals surface area contributed by atoms with Crippen molar-refractivity contribution in [2.75, 3.05) is 33.4 Å². The van der Waals surface area contributed by atoms with Crippen LogP contribution in [0.1, 0.15) is 44.9 Å². The Balaban J connectivity index is 1.51. The minimum Gasteiger partial charge on any atom is -0.469 e. The molecule has 21 heavy (non-hydrogen) atoms. The van der Waals surface area contributed by atoms with E-state index in [1.807, 2.05) is 0 Å². The van der Waals surface area contributed by atoms with Gasteiger partial charge in [-0.25, -0.2) is 0 Å². The van der Waals surface area contributed by atoms with E-state index in [2.05, 4.69) is 4.90 Å². The summed E-state index contributed by atoms with van der Waals surface area (Å²) in [5.41, 5.74) is 0. The molecule has 2 aliphatic carbocycles. The number of hydrogen-bond acceptors (Lipinski definition) is 4. The zero-order valence-corrected chi connectivity index (χ0v) is 13.3. The molecule has 4 atom stereocenters. The molecule has 4 unspecified atom stereocenters. The van der Waals surface area contributed by atoms with E-state index in [9.17, 15) is 4.79 Å². The predicted octanol–water partition coefficient (Wildman–Crippen LogP) is 2.47. The number of fused-ring (bicyclic) bond motifs is 2. The summed E-state index contributed by atoms with van der Waals surface area (Å²) in [5.74, 6) is 2.69. The van der Waals surface area contributed by atoms with Gasteiger partial charge in [-0.15, -0.1) is 0 Å². The molecule has 4 nitrogen and oxygen atoms in total. The van der Waals surface area contributed by atoms with Crippen molar-refractivity contribution >= 4 is 5.97 Å². The Hall–Kier alpha value is -0.610. The summed E-state index contributed by atoms with van der Waals surface area (Å²) >= 11 is 0. The normalized spacial score (nSPS) is 34.8. The van der Waals surface area contributed by atoms with Crippen LogP contribution in [0.5, 0.6) is 0 Å². The number of methoxy groups -OCH3 is 1. The lowest BCUT2D eigenvalue weighted by molar-refractivity contribution is -0.141. The average Bonchev–Trinajstić information content (AvgIpc) is 3.21. The molecule has 1 aliphatic heterocycles. The van der Waals surface area contributed by atoms with Gasteiger partial charge in [0.1, 0.15) is 0 Å². The molecule has 3 aliphatic rings. The summed E-state index contributed by atoms with van der Waals surface area (Å²) < 4.78 is 10.6. The molecule has 2 bridgehead atoms. The average molecular weight is 295 g/mol. The molecule has 0 aromatic heterocycles. The van der Waals surface area contributed by atoms with Gasteiger partial charge in [-0.2, -0.15) is 0 Å². The van der Waals surface area contributed by atoms with E-state index in [0.717, 1.165) is 44.0 Å². The van der Waals surface area contributed by atoms with Crippen molar-refractivity contribution in [3.63, 3.8) is 0 Å². The standard InChI is InChI=1S/C17H29NO3/c1-20-17(19)6-7-18(12-16-3-2-8-21-16)11-15-10-13-4-5-14(15)9-13/h13-16H,2-12H2,1H3. The number of nitrogens with zero attached hydrogens (tertiary/aromatic N) is 1. The van der Waals surface area contributed by atoms with Crippen LogP contribution >= 0.6 is 0 Å². The zero-order valence-electron chi connectivity index (χ0n) is 13.3. The quantitative estimate of drug-likeness (QED) is 0.676. The molecule has 0 spiro atoms. The van der Waals surface area contributed by atoms with Crippen LogP contribution in [0.3, 0.4) is 0 Å². The molecule has 0 N–H and O–H groups in total. The molecular formula is C17H29NO3. The Labute approximate surface area is 128 Å². The summed E-state index contributed by atoms with van der Waals surface area (Å²) in [4.78, 5) is 13.9. The third-order valence-corrected chi connectivity index (χ3v) is 5.72. The van der Waals surface area contributed by atoms with Crippen molar-refractivity contribution in [1.82, 2.24) is 4.90 Å². The molecule has 120 valence electrons. The van der Waals surface area contributed by atoms with Gasteiger partial charge in [0.2, 0.25) is 0 Å². The van der Waals surface area contributed by atoms with Crippen LogP contribution in [0.25, 0.3) is 0 Å². The van der Waals surface area contributed by atoms with Crippen molar-refractivity contribution in [1.29, 1.82) is 0 Å². The third kappa shape index (κ3) is 3.98. The van der Waals surface area contributed by atoms with E-state index in [4.69, 9.17) is 9.47 Å². The maximum Gasteiger partial charge on any atom is 0.306 e. The second-order valence-electron chi connectivity index (χ2n) is 7.16. The second-order valence-corrected chi connectivity index (χ2v) is 7.16. The van der Waals surface area contributed by atoms with E-state index in [1.54, 1.807) is 0 Å². The number of ether oxygens (including phenoxy) is 2. The van der Waals surface area contributed by atoms with Crippen molar-refractivity contribution in [2.24, 2.45) is 17.8 Å². The van der Waals surface area contributed by atoms with Crippen molar-refractivity contribution in [2.45, 2.75) is 51.0 Å². The highest BCUT2D eigenvalue weighted by molar-refractivity contribution is 5.69. The van der Waals surface area contributed by atoms with Gasteiger partial charge in [0.25, 0.3) is 0 Å². The molecule has 3 rings (SSSR count). The van der Waals surface area contributed by atoms with Gasteiger partial charge in [-0.05, 0) is 49.9 Å². The molecule has 0 amide bonds. The summed E-state index contributed by atoms with van der Waals surface area (Å²) in [6.07, 6.45) is 8.98. The van der Waals surface area contributed by atoms with Crippen LogP contribution in [0.4, 0.5) is 0 Å². The number of carbonyl (C=O) groups is 1. The van der Waals surface area contributed by atoms with E-state index in [0.29, 0.717) is 12.5 Å². The highest BCUT2D eigenvalue weighted by Crippen LogP contribution is 2.48. The second kappa shape index (κ2) is 7.10. The van der Waals surface area contributed by atoms with Gasteiger partial charge in [0.05, 0.1) is 19.6 Å². The third-order valence-electron chi connectivity index (χ3n) is 5.72. The SMILES string of the molecule is COC(=O)CCN(CC1CCCO1)CC1CC2CCC1C2. The fourth-order valence-electron chi connectivity index (χ4n) is 4.62. The Bertz CT molecular complexity index is 354. The van der Waals surface area contributed by atoms with Crippen LogP contribution in [0, 0.1) is 17.8 Å². The van der Waals surface area contributed by atoms with Crippen LogP contribution in [-0.4, -0.2) is 50.3 Å². The summed E-state index contributed by atoms with van der Waals surface area (Å²) in [6, 6.07) is 0. The molecule has 0 radical (unpaired) electrons. The largest absolute Gasteiger partial charge is 0.469 e. The smallest absolute Gasteiger partial charge is 0.306 e. The minimum absolute atomic E-state index is 0.0970. The van der Waals surface area contributed by atoms with Crippen LogP contribution in [0.15, 0.2) is 0 Å². The molecule has 0 aromatic carbocycles. The van der Waals surface area contributed by atoms with Crippen molar-refractivity contribution in [3.8, 4) is 0 Å². The highest BCUT2D eigenvalue weighted by Gasteiger charge is 2.40. The van der Waals surface area contributed by atoms with E-state index in [1.165, 1.54) is 45.6 Å². The fourth-order valence-corrected chi connectivity index (χ4v) is 4.62. The Morgan fingerprint density at radius 1 is 1.24 bits per heavy atom. The van der Waals surface area contributed by atoms with E-state index in [-0.39, 0.29) is 5.97 Å². The van der Waals surface area contributed by atoms with E-state index >= 15 is 0 Å². The zero-order chi connectivity index (χ0) is 14.7. The molecular weight excluding hydrogens is 266 g/mol. The van der Waals surface area contributed by atoms with Gasteiger partial charge in [0.15, 0.2) is 0 Å². The van der Waals surface area contributed by atoms with Crippen LogP contribution in [-0.2, 0) is 14.3 Å². The van der Waals surface area contributed by atoms with E-state index < -0.39 is 0 Å². The van der Waals surface area contributed by atoms with Gasteiger partial charge in [-0.3, -0.25) is 9.69 Å². The van der Waals surface area contributed by atoms with Crippen molar-refractivity contribution < 1.29 is 14.3 Å². The van der Waals surface area contributed by atoms with Gasteiger partial charge in [0, 0.05) is 26.2 Å². The molecule has 3 fully saturated rings. The maximum atomic E-state index is 11.4. The predicted molar refractivity (Wildman–Crippen MR) is 81.0 cm³/mol. The lowest BCUT2D eigenvalue weighted by Gasteiger charge is -2.31. The summed E-state index contributed by atoms with van der Waals surface area (Å²) in [6.45, 7) is 3.87. The Kier molecular flexibility index (Phi) is 5.17. The number of carbonyl (C=O) groups excluding carboxylic acids is 1. The first kappa shape index (κ1) is 15.3. The van der Waals surface area contributed by atoms with Crippen LogP contribution in [0.2, 0.25) is 0 Å². The van der Waals surface area contributed by atoms with Crippen molar-refractivity contribution in [3.05, 3.63) is 0 Å². The summed E-state index contributed by atoms with van der Waals surface area (Å²) in [7, 11) is 1.47. The molecule has 0 aromatic rings. The first-order valence-electron chi connectivity index (χ1n) is 8.65. The number of hydrogen-bond donors (Lipinski definition) is 0. The number of rotatable bonds is 7. The lowest BCUT2D eigenvalue weighted by Crippen LogP contribution is -2.38. The maximum absolute atomic E-state index is 11.4. The molecule has 4 heteroatoms. The summed E-state index contributed by atoms with van der Waals surface area (Å²) in [5, 5.41) is 0. The molecule has 1 saturated heterocycles. The monoisotopic (exact) mass is 295 g/mol. The Morgan fingerprint density at radius 2 is 2.14 bits per heavy atom. The van der Waals surface area contributed by atoms with Gasteiger partial charge < -0.3 is 9.47 Å². The first-order chi connectivity index (χ1) is 10.2. The topological polar surface area (TPSA) is 38.8 Å². The molecule has 2 saturated carbocycles. The first-order valence-corrected chi connectivity index (χ1v) is 8.65. The lowest BCUT2D eigenvalue weighted by atomic mass is 9.88. The minimum atomic E-state index is -0.0970. The number of esters is 1. The fraction of sp³-hybridized carbons (Fsp3) is 0.941.